The Hall–Kier alpha value is -7.48. The predicted molar refractivity (Wildman–Crippen MR) is 373 cm³/mol. The number of oxime groups is 1. The van der Waals surface area contributed by atoms with Crippen molar-refractivity contribution in [1.82, 2.24) is 55.6 Å². The van der Waals surface area contributed by atoms with Crippen molar-refractivity contribution in [2.75, 3.05) is 62.5 Å². The van der Waals surface area contributed by atoms with Gasteiger partial charge in [-0.15, -0.1) is 0 Å². The largest absolute Gasteiger partial charge is 0.391 e. The van der Waals surface area contributed by atoms with Crippen LogP contribution in [0.4, 0.5) is 0 Å². The second-order valence-corrected chi connectivity index (χ2v) is 28.2. The topological polar surface area (TPSA) is 310 Å². The molecule has 1 heterocycles. The second-order valence-electron chi connectivity index (χ2n) is 28.2. The van der Waals surface area contributed by atoms with Gasteiger partial charge >= 0.3 is 0 Å². The van der Waals surface area contributed by atoms with Gasteiger partial charge in [0.25, 0.3) is 0 Å². The number of nitrogens with zero attached hydrogens (tertiary/aromatic N) is 8. The fourth-order valence-corrected chi connectivity index (χ4v) is 11.8. The Balaban J connectivity index is 2.95. The number of amides is 11. The highest BCUT2D eigenvalue weighted by Gasteiger charge is 2.46. The number of aliphatic hydroxyl groups is 1. The van der Waals surface area contributed by atoms with Gasteiger partial charge in [0.05, 0.1) is 18.8 Å². The van der Waals surface area contributed by atoms with Crippen LogP contribution in [0.3, 0.4) is 0 Å². The van der Waals surface area contributed by atoms with Crippen LogP contribution >= 0.6 is 0 Å². The number of unbranched alkanes of at least 4 members (excludes halogenated alkanes) is 1. The lowest BCUT2D eigenvalue weighted by atomic mass is 9.91. The summed E-state index contributed by atoms with van der Waals surface area (Å²) in [5.74, 6) is -10.3. The highest BCUT2D eigenvalue weighted by molar-refractivity contribution is 5.99. The molecule has 97 heavy (non-hydrogen) atoms. The SMILES string of the molecule is CC=CC[C@@H](C)[C@@H](O)[C@@H]1C(=O)N[C@@H](CC)C(=O)N(C)CC(=O)N(C)[C@@H]([C@@H](C)OCCCC=NOCc2ccccc2)C(=O)N[C@@H](C(C)C)C(=O)N(C)[C@@H](CC(C)C)C(=O)N[C@@H](C)C(=O)N[C@H](C)C(=O)N(C)[C@@H](CC(C)C)C(=O)N(C)[C@@H](CC(C)C)C(=O)N(C)[C@H](C(C)C)C(=O)N1C. The van der Waals surface area contributed by atoms with Crippen molar-refractivity contribution < 1.29 is 67.4 Å². The van der Waals surface area contributed by atoms with E-state index in [2.05, 4.69) is 26.4 Å². The maximum atomic E-state index is 15.3. The Morgan fingerprint density at radius 1 is 0.557 bits per heavy atom. The Labute approximate surface area is 578 Å². The van der Waals surface area contributed by atoms with Gasteiger partial charge in [0.1, 0.15) is 67.0 Å². The molecule has 26 nitrogen and oxygen atoms in total. The summed E-state index contributed by atoms with van der Waals surface area (Å²) in [6.45, 7) is 27.3. The van der Waals surface area contributed by atoms with Gasteiger partial charge < -0.3 is 70.2 Å². The smallest absolute Gasteiger partial charge is 0.246 e. The van der Waals surface area contributed by atoms with Crippen LogP contribution in [0, 0.1) is 35.5 Å². The number of ether oxygens (including phenoxy) is 1. The van der Waals surface area contributed by atoms with Crippen molar-refractivity contribution in [2.45, 2.75) is 235 Å². The van der Waals surface area contributed by atoms with E-state index in [0.717, 1.165) is 20.3 Å². The minimum absolute atomic E-state index is 0.0174. The zero-order valence-electron chi connectivity index (χ0n) is 62.4. The first-order chi connectivity index (χ1) is 45.3. The summed E-state index contributed by atoms with van der Waals surface area (Å²) < 4.78 is 6.25. The van der Waals surface area contributed by atoms with Gasteiger partial charge in [-0.3, -0.25) is 52.7 Å². The lowest BCUT2D eigenvalue weighted by molar-refractivity contribution is -0.157. The van der Waals surface area contributed by atoms with Crippen LogP contribution in [0.1, 0.15) is 161 Å². The molecule has 548 valence electrons. The van der Waals surface area contributed by atoms with Crippen LogP contribution in [0.15, 0.2) is 47.6 Å². The van der Waals surface area contributed by atoms with Crippen molar-refractivity contribution in [2.24, 2.45) is 40.7 Å². The molecule has 26 heteroatoms. The molecule has 13 atom stereocenters. The van der Waals surface area contributed by atoms with Crippen molar-refractivity contribution in [3.63, 3.8) is 0 Å². The third kappa shape index (κ3) is 25.4. The van der Waals surface area contributed by atoms with E-state index in [1.54, 1.807) is 73.8 Å². The number of carbonyl (C=O) groups is 11. The number of nitrogens with one attached hydrogen (secondary N) is 4. The van der Waals surface area contributed by atoms with E-state index in [0.29, 0.717) is 12.8 Å². The Morgan fingerprint density at radius 3 is 1.59 bits per heavy atom. The quantitative estimate of drug-likeness (QED) is 0.0459. The molecule has 0 spiro atoms. The van der Waals surface area contributed by atoms with Crippen LogP contribution in [-0.4, -0.2) is 246 Å². The van der Waals surface area contributed by atoms with E-state index in [-0.39, 0.29) is 63.1 Å². The van der Waals surface area contributed by atoms with E-state index in [1.165, 1.54) is 82.8 Å². The third-order valence-corrected chi connectivity index (χ3v) is 17.8. The van der Waals surface area contributed by atoms with Gasteiger partial charge in [-0.2, -0.15) is 0 Å². The minimum Gasteiger partial charge on any atom is -0.391 e. The molecule has 0 unspecified atom stereocenters. The summed E-state index contributed by atoms with van der Waals surface area (Å²) in [6, 6.07) is -3.51. The molecule has 1 aliphatic rings. The lowest BCUT2D eigenvalue weighted by Gasteiger charge is -2.41. The van der Waals surface area contributed by atoms with Crippen molar-refractivity contribution in [3.05, 3.63) is 48.0 Å². The molecule has 0 aliphatic carbocycles. The van der Waals surface area contributed by atoms with Gasteiger partial charge in [-0.1, -0.05) is 131 Å². The fourth-order valence-electron chi connectivity index (χ4n) is 11.8. The molecule has 1 saturated heterocycles. The van der Waals surface area contributed by atoms with Crippen LogP contribution in [-0.2, 0) is 68.9 Å². The lowest BCUT2D eigenvalue weighted by Crippen LogP contribution is -2.63. The maximum absolute atomic E-state index is 15.3. The van der Waals surface area contributed by atoms with Gasteiger partial charge in [0.15, 0.2) is 0 Å². The monoisotopic (exact) mass is 1360 g/mol. The molecule has 1 fully saturated rings. The minimum atomic E-state index is -1.65. The summed E-state index contributed by atoms with van der Waals surface area (Å²) >= 11 is 0. The third-order valence-electron chi connectivity index (χ3n) is 17.8. The average Bonchev–Trinajstić information content (AvgIpc) is 0.808. The molecular formula is C71H120N12O14. The van der Waals surface area contributed by atoms with Gasteiger partial charge in [0, 0.05) is 62.2 Å². The molecule has 1 aromatic rings. The Bertz CT molecular complexity index is 2820. The number of rotatable bonds is 22. The number of allylic oxidation sites excluding steroid dienone is 2. The zero-order chi connectivity index (χ0) is 74.0. The van der Waals surface area contributed by atoms with Gasteiger partial charge in [-0.05, 0) is 114 Å². The summed E-state index contributed by atoms with van der Waals surface area (Å²) in [7, 11) is 9.78. The zero-order valence-corrected chi connectivity index (χ0v) is 62.4. The van der Waals surface area contributed by atoms with E-state index in [9.17, 15) is 43.5 Å². The molecule has 11 amide bonds. The first-order valence-corrected chi connectivity index (χ1v) is 34.4. The summed E-state index contributed by atoms with van der Waals surface area (Å²) in [4.78, 5) is 176. The van der Waals surface area contributed by atoms with Crippen LogP contribution in [0.2, 0.25) is 0 Å². The number of hydrogen-bond donors (Lipinski definition) is 5. The standard InChI is InChI=1S/C71H120N12O14/c1-24-26-32-47(13)61(85)60-65(89)75-52(25-2)67(91)77(17)40-56(84)81(21)59(50(16)96-36-31-30-35-72-97-41-51-33-28-27-29-34-51)64(88)76-57(45(9)10)70(94)78(18)53(37-42(3)4)63(87)73-48(14)62(86)74-49(15)66(90)79(19)54(38-43(5)6)68(92)80(20)55(39-44(7)8)69(93)82(22)58(46(11)12)71(95)83(60)23/h24,26-29,33-35,42-50,52-55,57-61,85H,25,30-32,36-41H2,1-23H3,(H,73,87)(H,74,86)(H,75,89)(H,76,88)/t47-,48+,49-,50-,52+,53+,54+,55+,57+,58-,59+,60-,61-/m1/s1. The van der Waals surface area contributed by atoms with Crippen LogP contribution < -0.4 is 21.3 Å². The van der Waals surface area contributed by atoms with E-state index in [1.807, 2.05) is 71.9 Å². The van der Waals surface area contributed by atoms with Gasteiger partial charge in [0.2, 0.25) is 65.0 Å². The summed E-state index contributed by atoms with van der Waals surface area (Å²) in [6.07, 6.45) is 4.10. The van der Waals surface area contributed by atoms with Crippen molar-refractivity contribution >= 4 is 71.2 Å². The highest BCUT2D eigenvalue weighted by atomic mass is 16.6. The van der Waals surface area contributed by atoms with Crippen molar-refractivity contribution in [3.8, 4) is 0 Å². The molecule has 2 rings (SSSR count). The number of likely N-dealkylation sites (N-methyl/N-ethyl adjacent to an activating group) is 7. The van der Waals surface area contributed by atoms with Crippen LogP contribution in [0.5, 0.6) is 0 Å². The predicted octanol–water partition coefficient (Wildman–Crippen LogP) is 4.61. The van der Waals surface area contributed by atoms with Crippen LogP contribution in [0.25, 0.3) is 0 Å². The normalized spacial score (nSPS) is 25.3. The first kappa shape index (κ1) is 85.6. The molecule has 1 aliphatic heterocycles. The molecular weight excluding hydrogens is 1240 g/mol. The van der Waals surface area contributed by atoms with Gasteiger partial charge in [-0.25, -0.2) is 0 Å². The van der Waals surface area contributed by atoms with E-state index < -0.39 is 162 Å². The summed E-state index contributed by atoms with van der Waals surface area (Å²) in [5, 5.41) is 27.2. The molecule has 0 saturated carbocycles. The molecule has 0 bridgehead atoms. The summed E-state index contributed by atoms with van der Waals surface area (Å²) in [5.41, 5.74) is 0.937. The second kappa shape index (κ2) is 41.1. The first-order valence-electron chi connectivity index (χ1n) is 34.4. The maximum Gasteiger partial charge on any atom is 0.246 e. The number of aliphatic hydroxyl groups excluding tert-OH is 1. The fraction of sp³-hybridized carbons (Fsp3) is 0.718. The molecule has 5 N–H and O–H groups in total. The Morgan fingerprint density at radius 2 is 1.06 bits per heavy atom. The highest BCUT2D eigenvalue weighted by Crippen LogP contribution is 2.26. The van der Waals surface area contributed by atoms with E-state index in [4.69, 9.17) is 9.57 Å². The molecule has 0 aromatic heterocycles. The number of carbonyl (C=O) groups excluding carboxylic acids is 11. The Kier molecular flexibility index (Phi) is 36.2. The number of benzene rings is 1. The average molecular weight is 1370 g/mol. The number of hydrogen-bond acceptors (Lipinski definition) is 15. The molecule has 0 radical (unpaired) electrons. The van der Waals surface area contributed by atoms with E-state index >= 15 is 14.4 Å². The molecule has 1 aromatic carbocycles. The van der Waals surface area contributed by atoms with Crippen molar-refractivity contribution in [1.29, 1.82) is 0 Å².